The van der Waals surface area contributed by atoms with E-state index < -0.39 is 17.8 Å². The van der Waals surface area contributed by atoms with Gasteiger partial charge in [0.15, 0.2) is 0 Å². The summed E-state index contributed by atoms with van der Waals surface area (Å²) in [6, 6.07) is 28.5. The predicted octanol–water partition coefficient (Wildman–Crippen LogP) is 6.51. The van der Waals surface area contributed by atoms with E-state index in [4.69, 9.17) is 21.1 Å². The van der Waals surface area contributed by atoms with Crippen molar-refractivity contribution in [2.75, 3.05) is 16.9 Å². The minimum Gasteiger partial charge on any atom is -0.497 e. The molecule has 7 nitrogen and oxygen atoms in total. The third-order valence-corrected chi connectivity index (χ3v) is 6.51. The summed E-state index contributed by atoms with van der Waals surface area (Å²) in [4.78, 5) is 42.9. The van der Waals surface area contributed by atoms with Crippen LogP contribution in [0.25, 0.3) is 6.08 Å². The summed E-state index contributed by atoms with van der Waals surface area (Å²) in [5.74, 6) is -0.580. The molecule has 0 unspecified atom stereocenters. The molecular weight excluding hydrogens is 516 g/mol. The number of carbonyl (C=O) groups is 3. The van der Waals surface area contributed by atoms with Gasteiger partial charge in [-0.15, -0.1) is 0 Å². The van der Waals surface area contributed by atoms with Crippen LogP contribution in [0.1, 0.15) is 11.1 Å². The molecule has 0 radical (unpaired) electrons. The number of benzene rings is 4. The molecular formula is C31H23ClN2O5. The smallest absolute Gasteiger partial charge is 0.343 e. The van der Waals surface area contributed by atoms with Crippen LogP contribution in [0.3, 0.4) is 0 Å². The van der Waals surface area contributed by atoms with E-state index in [0.29, 0.717) is 33.5 Å². The Labute approximate surface area is 230 Å². The molecule has 1 aliphatic rings. The molecule has 0 spiro atoms. The lowest BCUT2D eigenvalue weighted by Crippen LogP contribution is -2.57. The second-order valence-corrected chi connectivity index (χ2v) is 8.98. The lowest BCUT2D eigenvalue weighted by Gasteiger charge is -2.34. The largest absolute Gasteiger partial charge is 0.497 e. The van der Waals surface area contributed by atoms with Crippen LogP contribution in [-0.4, -0.2) is 25.0 Å². The van der Waals surface area contributed by atoms with Gasteiger partial charge in [0.1, 0.15) is 23.7 Å². The lowest BCUT2D eigenvalue weighted by atomic mass is 10.0. The van der Waals surface area contributed by atoms with Crippen LogP contribution in [0.15, 0.2) is 109 Å². The highest BCUT2D eigenvalue weighted by Gasteiger charge is 2.43. The zero-order chi connectivity index (χ0) is 27.4. The number of methoxy groups -OCH3 is 1. The molecule has 4 amide bonds. The van der Waals surface area contributed by atoms with E-state index in [1.807, 2.05) is 18.2 Å². The van der Waals surface area contributed by atoms with E-state index in [1.54, 1.807) is 84.9 Å². The number of rotatable bonds is 7. The van der Waals surface area contributed by atoms with Gasteiger partial charge in [-0.3, -0.25) is 9.59 Å². The van der Waals surface area contributed by atoms with Crippen molar-refractivity contribution in [1.29, 1.82) is 0 Å². The molecule has 0 aliphatic carbocycles. The maximum Gasteiger partial charge on any atom is 0.343 e. The Morgan fingerprint density at radius 1 is 0.744 bits per heavy atom. The van der Waals surface area contributed by atoms with Gasteiger partial charge in [-0.05, 0) is 48.5 Å². The average molecular weight is 539 g/mol. The number of halogens is 1. The van der Waals surface area contributed by atoms with Crippen molar-refractivity contribution >= 4 is 46.9 Å². The third kappa shape index (κ3) is 5.26. The zero-order valence-corrected chi connectivity index (χ0v) is 21.7. The summed E-state index contributed by atoms with van der Waals surface area (Å²) in [6.45, 7) is 0.148. The number of barbiturate groups is 1. The monoisotopic (exact) mass is 538 g/mol. The average Bonchev–Trinajstić information content (AvgIpc) is 2.96. The van der Waals surface area contributed by atoms with Gasteiger partial charge >= 0.3 is 6.03 Å². The van der Waals surface area contributed by atoms with E-state index in [9.17, 15) is 14.4 Å². The molecule has 1 saturated heterocycles. The summed E-state index contributed by atoms with van der Waals surface area (Å²) < 4.78 is 11.4. The number of urea groups is 1. The Morgan fingerprint density at radius 2 is 1.31 bits per heavy atom. The fourth-order valence-electron chi connectivity index (χ4n) is 4.15. The molecule has 4 aromatic rings. The first-order valence-corrected chi connectivity index (χ1v) is 12.4. The summed E-state index contributed by atoms with van der Waals surface area (Å²) in [7, 11) is 1.53. The summed E-state index contributed by atoms with van der Waals surface area (Å²) in [5, 5.41) is 0.549. The molecule has 39 heavy (non-hydrogen) atoms. The molecule has 8 heteroatoms. The SMILES string of the molecule is COc1ccc(C=C2C(=O)N(c3ccccc3)C(=O)N(c3ccccc3)C2=O)c(OCc2ccccc2Cl)c1. The quantitative estimate of drug-likeness (QED) is 0.198. The Kier molecular flexibility index (Phi) is 7.43. The van der Waals surface area contributed by atoms with Crippen LogP contribution in [0.2, 0.25) is 5.02 Å². The second-order valence-electron chi connectivity index (χ2n) is 8.58. The Bertz CT molecular complexity index is 1510. The van der Waals surface area contributed by atoms with Crippen LogP contribution in [0.5, 0.6) is 11.5 Å². The van der Waals surface area contributed by atoms with Gasteiger partial charge in [-0.25, -0.2) is 14.6 Å². The molecule has 0 aromatic heterocycles. The minimum atomic E-state index is -0.760. The lowest BCUT2D eigenvalue weighted by molar-refractivity contribution is -0.121. The Balaban J connectivity index is 1.59. The Morgan fingerprint density at radius 3 is 1.87 bits per heavy atom. The number of hydrogen-bond acceptors (Lipinski definition) is 5. The minimum absolute atomic E-state index is 0.148. The summed E-state index contributed by atoms with van der Waals surface area (Å²) in [5.41, 5.74) is 1.71. The maximum atomic E-state index is 13.7. The summed E-state index contributed by atoms with van der Waals surface area (Å²) in [6.07, 6.45) is 1.43. The van der Waals surface area contributed by atoms with Gasteiger partial charge in [-0.1, -0.05) is 66.2 Å². The van der Waals surface area contributed by atoms with Gasteiger partial charge in [0, 0.05) is 22.2 Å². The van der Waals surface area contributed by atoms with Gasteiger partial charge in [0.25, 0.3) is 11.8 Å². The van der Waals surface area contributed by atoms with E-state index in [-0.39, 0.29) is 12.2 Å². The van der Waals surface area contributed by atoms with Crippen LogP contribution in [-0.2, 0) is 16.2 Å². The number of anilines is 2. The van der Waals surface area contributed by atoms with Crippen LogP contribution >= 0.6 is 11.6 Å². The number of para-hydroxylation sites is 2. The standard InChI is InChI=1S/C31H23ClN2O5/c1-38-25-17-16-21(28(19-25)39-20-22-10-8-9-15-27(22)32)18-26-29(35)33(23-11-4-2-5-12-23)31(37)34(30(26)36)24-13-6-3-7-14-24/h2-19H,20H2,1H3. The highest BCUT2D eigenvalue weighted by Crippen LogP contribution is 2.33. The second kappa shape index (κ2) is 11.2. The van der Waals surface area contributed by atoms with Crippen molar-refractivity contribution in [2.45, 2.75) is 6.61 Å². The molecule has 0 saturated carbocycles. The molecule has 4 aromatic carbocycles. The van der Waals surface area contributed by atoms with Crippen LogP contribution in [0.4, 0.5) is 16.2 Å². The van der Waals surface area contributed by atoms with Crippen molar-refractivity contribution in [3.63, 3.8) is 0 Å². The van der Waals surface area contributed by atoms with Gasteiger partial charge < -0.3 is 9.47 Å². The van der Waals surface area contributed by atoms with E-state index >= 15 is 0 Å². The van der Waals surface area contributed by atoms with Crippen LogP contribution in [0, 0.1) is 0 Å². The van der Waals surface area contributed by atoms with Gasteiger partial charge in [0.2, 0.25) is 0 Å². The van der Waals surface area contributed by atoms with Crippen molar-refractivity contribution in [3.8, 4) is 11.5 Å². The highest BCUT2D eigenvalue weighted by atomic mass is 35.5. The van der Waals surface area contributed by atoms with Crippen molar-refractivity contribution in [2.24, 2.45) is 0 Å². The zero-order valence-electron chi connectivity index (χ0n) is 20.9. The molecule has 1 fully saturated rings. The number of imide groups is 2. The third-order valence-electron chi connectivity index (χ3n) is 6.14. The number of nitrogens with zero attached hydrogens (tertiary/aromatic N) is 2. The first kappa shape index (κ1) is 25.8. The fraction of sp³-hybridized carbons (Fsp3) is 0.0645. The topological polar surface area (TPSA) is 76.2 Å². The van der Waals surface area contributed by atoms with Crippen molar-refractivity contribution < 1.29 is 23.9 Å². The molecule has 0 atom stereocenters. The van der Waals surface area contributed by atoms with Gasteiger partial charge in [0.05, 0.1) is 18.5 Å². The highest BCUT2D eigenvalue weighted by molar-refractivity contribution is 6.46. The molecule has 1 aliphatic heterocycles. The van der Waals surface area contributed by atoms with E-state index in [2.05, 4.69) is 0 Å². The molecule has 0 N–H and O–H groups in total. The van der Waals surface area contributed by atoms with Gasteiger partial charge in [-0.2, -0.15) is 0 Å². The summed E-state index contributed by atoms with van der Waals surface area (Å²) >= 11 is 6.30. The van der Waals surface area contributed by atoms with Crippen molar-refractivity contribution in [1.82, 2.24) is 0 Å². The first-order chi connectivity index (χ1) is 19.0. The number of amides is 4. The number of hydrogen-bond donors (Lipinski definition) is 0. The fourth-order valence-corrected chi connectivity index (χ4v) is 4.34. The van der Waals surface area contributed by atoms with Crippen LogP contribution < -0.4 is 19.3 Å². The molecule has 1 heterocycles. The van der Waals surface area contributed by atoms with E-state index in [0.717, 1.165) is 15.4 Å². The predicted molar refractivity (Wildman–Crippen MR) is 150 cm³/mol. The maximum absolute atomic E-state index is 13.7. The first-order valence-electron chi connectivity index (χ1n) is 12.1. The van der Waals surface area contributed by atoms with Crippen molar-refractivity contribution in [3.05, 3.63) is 125 Å². The molecule has 5 rings (SSSR count). The Hall–Kier alpha value is -4.88. The van der Waals surface area contributed by atoms with E-state index in [1.165, 1.54) is 13.2 Å². The molecule has 0 bridgehead atoms. The number of ether oxygens (including phenoxy) is 2. The number of carbonyl (C=O) groups excluding carboxylic acids is 3. The molecule has 194 valence electrons. The normalized spacial score (nSPS) is 13.5.